The van der Waals surface area contributed by atoms with Gasteiger partial charge in [-0.2, -0.15) is 0 Å². The van der Waals surface area contributed by atoms with Crippen molar-refractivity contribution in [2.24, 2.45) is 0 Å². The number of aliphatic hydroxyl groups excluding tert-OH is 1. The summed E-state index contributed by atoms with van der Waals surface area (Å²) in [6, 6.07) is 0. The normalized spacial score (nSPS) is 10.7. The Labute approximate surface area is 58.6 Å². The number of rotatable bonds is 3. The molecule has 0 aliphatic rings. The van der Waals surface area contributed by atoms with Crippen LogP contribution in [0.4, 0.5) is 0 Å². The average Bonchev–Trinajstić information content (AvgIpc) is 1.91. The van der Waals surface area contributed by atoms with Gasteiger partial charge in [-0.3, -0.25) is 0 Å². The van der Waals surface area contributed by atoms with E-state index in [2.05, 4.69) is 4.74 Å². The lowest BCUT2D eigenvalue weighted by atomic mass is 10.3. The van der Waals surface area contributed by atoms with Gasteiger partial charge in [0.15, 0.2) is 0 Å². The van der Waals surface area contributed by atoms with Crippen LogP contribution in [-0.2, 0) is 9.53 Å². The third-order valence-electron chi connectivity index (χ3n) is 0.806. The summed E-state index contributed by atoms with van der Waals surface area (Å²) >= 11 is 0. The molecule has 2 N–H and O–H groups in total. The van der Waals surface area contributed by atoms with Gasteiger partial charge in [0.1, 0.15) is 5.57 Å². The van der Waals surface area contributed by atoms with Gasteiger partial charge < -0.3 is 15.3 Å². The summed E-state index contributed by atoms with van der Waals surface area (Å²) in [5, 5.41) is 14.9. The van der Waals surface area contributed by atoms with Crippen molar-refractivity contribution in [2.75, 3.05) is 6.61 Å². The van der Waals surface area contributed by atoms with E-state index in [1.165, 1.54) is 0 Å². The van der Waals surface area contributed by atoms with Crippen LogP contribution in [0.5, 0.6) is 0 Å². The molecule has 0 radical (unpaired) electrons. The van der Waals surface area contributed by atoms with Crippen LogP contribution in [-0.4, -0.2) is 23.9 Å². The Morgan fingerprint density at radius 2 is 2.40 bits per heavy atom. The molecule has 4 nitrogen and oxygen atoms in total. The predicted molar refractivity (Wildman–Crippen MR) is 36.1 cm³/mol. The third-order valence-corrected chi connectivity index (χ3v) is 0.806. The number of aliphatic hydroxyl groups is 1. The van der Waals surface area contributed by atoms with Crippen LogP contribution in [0.25, 0.3) is 0 Å². The molecule has 0 aromatic rings. The molecule has 0 bridgehead atoms. The van der Waals surface area contributed by atoms with Gasteiger partial charge in [0.05, 0.1) is 12.9 Å². The second-order valence-corrected chi connectivity index (χ2v) is 1.45. The standard InChI is InChI=1S/C6H9NO3/c1-2-10-6(9)5(3-7)4-8/h3-4,7-8H,2H2,1H3/b5-4+,7-3?. The van der Waals surface area contributed by atoms with Gasteiger partial charge in [0, 0.05) is 6.21 Å². The smallest absolute Gasteiger partial charge is 0.342 e. The highest BCUT2D eigenvalue weighted by Crippen LogP contribution is 1.91. The molecule has 10 heavy (non-hydrogen) atoms. The third kappa shape index (κ3) is 2.30. The molecule has 0 unspecified atom stereocenters. The predicted octanol–water partition coefficient (Wildman–Crippen LogP) is 0.641. The average molecular weight is 143 g/mol. The topological polar surface area (TPSA) is 70.4 Å². The van der Waals surface area contributed by atoms with Gasteiger partial charge >= 0.3 is 5.97 Å². The molecule has 0 amide bonds. The lowest BCUT2D eigenvalue weighted by Crippen LogP contribution is -2.08. The minimum Gasteiger partial charge on any atom is -0.515 e. The minimum atomic E-state index is -0.681. The zero-order chi connectivity index (χ0) is 7.98. The SMILES string of the molecule is CCOC(=O)/C(C=N)=C/O. The molecule has 56 valence electrons. The van der Waals surface area contributed by atoms with Gasteiger partial charge in [0.25, 0.3) is 0 Å². The van der Waals surface area contributed by atoms with E-state index in [0.717, 1.165) is 6.21 Å². The highest BCUT2D eigenvalue weighted by molar-refractivity contribution is 6.08. The van der Waals surface area contributed by atoms with Crippen molar-refractivity contribution in [1.29, 1.82) is 5.41 Å². The molecule has 0 heterocycles. The van der Waals surface area contributed by atoms with Crippen LogP contribution in [0.3, 0.4) is 0 Å². The largest absolute Gasteiger partial charge is 0.515 e. The van der Waals surface area contributed by atoms with Gasteiger partial charge in [0.2, 0.25) is 0 Å². The van der Waals surface area contributed by atoms with Crippen LogP contribution >= 0.6 is 0 Å². The van der Waals surface area contributed by atoms with Crippen LogP contribution < -0.4 is 0 Å². The van der Waals surface area contributed by atoms with Crippen LogP contribution in [0, 0.1) is 5.41 Å². The van der Waals surface area contributed by atoms with Crippen molar-refractivity contribution < 1.29 is 14.6 Å². The molecule has 0 atom stereocenters. The van der Waals surface area contributed by atoms with Crippen molar-refractivity contribution >= 4 is 12.2 Å². The van der Waals surface area contributed by atoms with E-state index in [9.17, 15) is 4.79 Å². The molecule has 4 heteroatoms. The maximum atomic E-state index is 10.6. The molecule has 0 aromatic heterocycles. The van der Waals surface area contributed by atoms with Crippen molar-refractivity contribution in [3.63, 3.8) is 0 Å². The Morgan fingerprint density at radius 1 is 1.80 bits per heavy atom. The summed E-state index contributed by atoms with van der Waals surface area (Å²) < 4.78 is 4.47. The fourth-order valence-corrected chi connectivity index (χ4v) is 0.363. The van der Waals surface area contributed by atoms with Crippen LogP contribution in [0.1, 0.15) is 6.92 Å². The fraction of sp³-hybridized carbons (Fsp3) is 0.333. The van der Waals surface area contributed by atoms with Gasteiger partial charge in [-0.1, -0.05) is 0 Å². The molecular weight excluding hydrogens is 134 g/mol. The summed E-state index contributed by atoms with van der Waals surface area (Å²) in [6.45, 7) is 1.89. The van der Waals surface area contributed by atoms with Crippen molar-refractivity contribution in [3.8, 4) is 0 Å². The van der Waals surface area contributed by atoms with E-state index >= 15 is 0 Å². The monoisotopic (exact) mass is 143 g/mol. The van der Waals surface area contributed by atoms with Crippen molar-refractivity contribution in [2.45, 2.75) is 6.92 Å². The lowest BCUT2D eigenvalue weighted by molar-refractivity contribution is -0.137. The Bertz CT molecular complexity index is 162. The molecule has 0 aliphatic carbocycles. The first-order chi connectivity index (χ1) is 4.76. The van der Waals surface area contributed by atoms with Crippen molar-refractivity contribution in [3.05, 3.63) is 11.8 Å². The molecule has 0 aliphatic heterocycles. The second-order valence-electron chi connectivity index (χ2n) is 1.45. The molecule has 0 saturated heterocycles. The zero-order valence-electron chi connectivity index (χ0n) is 5.63. The fourth-order valence-electron chi connectivity index (χ4n) is 0.363. The van der Waals surface area contributed by atoms with E-state index in [-0.39, 0.29) is 12.2 Å². The molecule has 0 aromatic carbocycles. The van der Waals surface area contributed by atoms with E-state index in [1.807, 2.05) is 0 Å². The molecule has 0 rings (SSSR count). The zero-order valence-corrected chi connectivity index (χ0v) is 5.63. The second kappa shape index (κ2) is 4.55. The number of hydrogen-bond donors (Lipinski definition) is 2. The highest BCUT2D eigenvalue weighted by atomic mass is 16.5. The number of esters is 1. The maximum absolute atomic E-state index is 10.6. The maximum Gasteiger partial charge on any atom is 0.342 e. The van der Waals surface area contributed by atoms with Gasteiger partial charge in [-0.05, 0) is 6.92 Å². The van der Waals surface area contributed by atoms with Crippen LogP contribution in [0.15, 0.2) is 11.8 Å². The molecular formula is C6H9NO3. The van der Waals surface area contributed by atoms with Crippen molar-refractivity contribution in [1.82, 2.24) is 0 Å². The Kier molecular flexibility index (Phi) is 3.95. The number of carbonyl (C=O) groups is 1. The molecule has 0 saturated carbocycles. The quantitative estimate of drug-likeness (QED) is 0.263. The first-order valence-electron chi connectivity index (χ1n) is 2.78. The number of hydrogen-bond acceptors (Lipinski definition) is 4. The Balaban J connectivity index is 4.04. The molecule has 0 spiro atoms. The van der Waals surface area contributed by atoms with E-state index < -0.39 is 5.97 Å². The summed E-state index contributed by atoms with van der Waals surface area (Å²) in [4.78, 5) is 10.6. The highest BCUT2D eigenvalue weighted by Gasteiger charge is 2.05. The van der Waals surface area contributed by atoms with E-state index in [4.69, 9.17) is 10.5 Å². The number of nitrogens with one attached hydrogen (secondary N) is 1. The minimum absolute atomic E-state index is 0.151. The summed E-state index contributed by atoms with van der Waals surface area (Å²) in [6.07, 6.45) is 1.28. The van der Waals surface area contributed by atoms with Gasteiger partial charge in [-0.25, -0.2) is 4.79 Å². The van der Waals surface area contributed by atoms with Crippen LogP contribution in [0.2, 0.25) is 0 Å². The Morgan fingerprint density at radius 3 is 2.70 bits per heavy atom. The number of ether oxygens (including phenoxy) is 1. The van der Waals surface area contributed by atoms with E-state index in [0.29, 0.717) is 6.26 Å². The van der Waals surface area contributed by atoms with E-state index in [1.54, 1.807) is 6.92 Å². The Hall–Kier alpha value is -1.32. The van der Waals surface area contributed by atoms with Gasteiger partial charge in [-0.15, -0.1) is 0 Å². The first kappa shape index (κ1) is 8.68. The molecule has 0 fully saturated rings. The summed E-state index contributed by atoms with van der Waals surface area (Å²) in [5.74, 6) is -0.681. The lowest BCUT2D eigenvalue weighted by Gasteiger charge is -1.97. The first-order valence-corrected chi connectivity index (χ1v) is 2.78. The summed E-state index contributed by atoms with van der Waals surface area (Å²) in [5.41, 5.74) is -0.151. The number of carbonyl (C=O) groups excluding carboxylic acids is 1. The summed E-state index contributed by atoms with van der Waals surface area (Å²) in [7, 11) is 0.